The van der Waals surface area contributed by atoms with Gasteiger partial charge in [-0.15, -0.1) is 6.42 Å². The van der Waals surface area contributed by atoms with E-state index in [1.165, 1.54) is 0 Å². The molecule has 0 aromatic heterocycles. The normalized spacial score (nSPS) is 11.8. The first-order valence-electron chi connectivity index (χ1n) is 4.17. The van der Waals surface area contributed by atoms with Crippen LogP contribution >= 0.6 is 0 Å². The number of amides is 1. The van der Waals surface area contributed by atoms with Crippen LogP contribution in [0.1, 0.15) is 20.3 Å². The molecule has 0 bridgehead atoms. The molecule has 0 saturated heterocycles. The molecule has 3 nitrogen and oxygen atoms in total. The molecule has 0 aliphatic rings. The van der Waals surface area contributed by atoms with Gasteiger partial charge >= 0.3 is 0 Å². The molecule has 0 spiro atoms. The van der Waals surface area contributed by atoms with E-state index in [0.717, 1.165) is 13.0 Å². The Morgan fingerprint density at radius 2 is 2.33 bits per heavy atom. The van der Waals surface area contributed by atoms with Gasteiger partial charge in [-0.3, -0.25) is 4.79 Å². The maximum absolute atomic E-state index is 11.1. The standard InChI is InChI=1S/C9H16N2O/c1-4-6-10-8(3)9(12)11-7-5-2/h2,8,10H,4,6-7H2,1,3H3,(H,11,12). The molecule has 0 saturated carbocycles. The van der Waals surface area contributed by atoms with E-state index in [-0.39, 0.29) is 11.9 Å². The minimum absolute atomic E-state index is 0.0404. The van der Waals surface area contributed by atoms with Gasteiger partial charge in [-0.25, -0.2) is 0 Å². The lowest BCUT2D eigenvalue weighted by atomic mass is 10.3. The predicted octanol–water partition coefficient (Wildman–Crippen LogP) is 0.124. The van der Waals surface area contributed by atoms with Crippen LogP contribution in [-0.2, 0) is 4.79 Å². The predicted molar refractivity (Wildman–Crippen MR) is 49.6 cm³/mol. The fraction of sp³-hybridized carbons (Fsp3) is 0.667. The lowest BCUT2D eigenvalue weighted by Gasteiger charge is -2.11. The summed E-state index contributed by atoms with van der Waals surface area (Å²) in [5, 5.41) is 5.66. The van der Waals surface area contributed by atoms with Crippen LogP contribution in [0, 0.1) is 12.3 Å². The summed E-state index contributed by atoms with van der Waals surface area (Å²) < 4.78 is 0. The van der Waals surface area contributed by atoms with Crippen molar-refractivity contribution in [1.29, 1.82) is 0 Å². The van der Waals surface area contributed by atoms with E-state index in [2.05, 4.69) is 23.5 Å². The highest BCUT2D eigenvalue weighted by Gasteiger charge is 2.09. The molecule has 1 atom stereocenters. The molecule has 1 unspecified atom stereocenters. The third-order valence-electron chi connectivity index (χ3n) is 1.46. The average molecular weight is 168 g/mol. The van der Waals surface area contributed by atoms with Crippen molar-refractivity contribution in [1.82, 2.24) is 10.6 Å². The van der Waals surface area contributed by atoms with E-state index in [1.54, 1.807) is 0 Å². The molecule has 2 N–H and O–H groups in total. The molecular weight excluding hydrogens is 152 g/mol. The fourth-order valence-electron chi connectivity index (χ4n) is 0.745. The van der Waals surface area contributed by atoms with Gasteiger partial charge in [-0.05, 0) is 19.9 Å². The van der Waals surface area contributed by atoms with Gasteiger partial charge in [-0.1, -0.05) is 12.8 Å². The van der Waals surface area contributed by atoms with Crippen molar-refractivity contribution in [2.45, 2.75) is 26.3 Å². The largest absolute Gasteiger partial charge is 0.344 e. The second-order valence-corrected chi connectivity index (χ2v) is 2.60. The minimum Gasteiger partial charge on any atom is -0.344 e. The molecule has 0 heterocycles. The van der Waals surface area contributed by atoms with Crippen molar-refractivity contribution in [2.24, 2.45) is 0 Å². The Morgan fingerprint density at radius 1 is 1.67 bits per heavy atom. The van der Waals surface area contributed by atoms with Gasteiger partial charge in [0, 0.05) is 0 Å². The van der Waals surface area contributed by atoms with E-state index >= 15 is 0 Å². The third-order valence-corrected chi connectivity index (χ3v) is 1.46. The lowest BCUT2D eigenvalue weighted by Crippen LogP contribution is -2.42. The molecule has 68 valence electrons. The first-order valence-corrected chi connectivity index (χ1v) is 4.17. The molecule has 3 heteroatoms. The Bertz CT molecular complexity index is 172. The minimum atomic E-state index is -0.154. The van der Waals surface area contributed by atoms with E-state index in [4.69, 9.17) is 6.42 Å². The number of terminal acetylenes is 1. The Balaban J connectivity index is 3.55. The van der Waals surface area contributed by atoms with Crippen molar-refractivity contribution in [3.8, 4) is 12.3 Å². The van der Waals surface area contributed by atoms with Crippen LogP contribution in [-0.4, -0.2) is 25.0 Å². The van der Waals surface area contributed by atoms with Crippen molar-refractivity contribution in [3.63, 3.8) is 0 Å². The number of carbonyl (C=O) groups is 1. The maximum Gasteiger partial charge on any atom is 0.237 e. The molecule has 0 aromatic rings. The maximum atomic E-state index is 11.1. The van der Waals surface area contributed by atoms with Gasteiger partial charge in [0.2, 0.25) is 5.91 Å². The van der Waals surface area contributed by atoms with Crippen LogP contribution in [0.3, 0.4) is 0 Å². The van der Waals surface area contributed by atoms with Crippen molar-refractivity contribution >= 4 is 5.91 Å². The van der Waals surface area contributed by atoms with Crippen LogP contribution in [0.15, 0.2) is 0 Å². The van der Waals surface area contributed by atoms with Crippen LogP contribution in [0.4, 0.5) is 0 Å². The number of carbonyl (C=O) groups excluding carboxylic acids is 1. The van der Waals surface area contributed by atoms with E-state index in [0.29, 0.717) is 6.54 Å². The summed E-state index contributed by atoms with van der Waals surface area (Å²) >= 11 is 0. The van der Waals surface area contributed by atoms with E-state index < -0.39 is 0 Å². The third kappa shape index (κ3) is 4.75. The van der Waals surface area contributed by atoms with Gasteiger partial charge < -0.3 is 10.6 Å². The van der Waals surface area contributed by atoms with Crippen LogP contribution in [0.25, 0.3) is 0 Å². The summed E-state index contributed by atoms with van der Waals surface area (Å²) in [6, 6.07) is -0.154. The number of hydrogen-bond donors (Lipinski definition) is 2. The highest BCUT2D eigenvalue weighted by Crippen LogP contribution is 1.82. The summed E-state index contributed by atoms with van der Waals surface area (Å²) in [4.78, 5) is 11.1. The summed E-state index contributed by atoms with van der Waals surface area (Å²) in [5.41, 5.74) is 0. The zero-order valence-corrected chi connectivity index (χ0v) is 7.68. The highest BCUT2D eigenvalue weighted by atomic mass is 16.2. The number of hydrogen-bond acceptors (Lipinski definition) is 2. The fourth-order valence-corrected chi connectivity index (χ4v) is 0.745. The van der Waals surface area contributed by atoms with Gasteiger partial charge in [0.15, 0.2) is 0 Å². The molecule has 1 amide bonds. The highest BCUT2D eigenvalue weighted by molar-refractivity contribution is 5.81. The van der Waals surface area contributed by atoms with Crippen molar-refractivity contribution in [3.05, 3.63) is 0 Å². The zero-order chi connectivity index (χ0) is 9.40. The van der Waals surface area contributed by atoms with E-state index in [9.17, 15) is 4.79 Å². The molecular formula is C9H16N2O. The molecule has 0 aliphatic carbocycles. The zero-order valence-electron chi connectivity index (χ0n) is 7.68. The lowest BCUT2D eigenvalue weighted by molar-refractivity contribution is -0.122. The molecule has 0 aromatic carbocycles. The topological polar surface area (TPSA) is 41.1 Å². The van der Waals surface area contributed by atoms with E-state index in [1.807, 2.05) is 6.92 Å². The summed E-state index contributed by atoms with van der Waals surface area (Å²) in [6.07, 6.45) is 6.01. The summed E-state index contributed by atoms with van der Waals surface area (Å²) in [7, 11) is 0. The monoisotopic (exact) mass is 168 g/mol. The van der Waals surface area contributed by atoms with Gasteiger partial charge in [0.1, 0.15) is 0 Å². The Morgan fingerprint density at radius 3 is 2.83 bits per heavy atom. The second kappa shape index (κ2) is 6.68. The molecule has 0 aliphatic heterocycles. The molecule has 0 rings (SSSR count). The Labute approximate surface area is 73.9 Å². The van der Waals surface area contributed by atoms with Crippen LogP contribution in [0.2, 0.25) is 0 Å². The Kier molecular flexibility index (Phi) is 6.12. The van der Waals surface area contributed by atoms with Gasteiger partial charge in [-0.2, -0.15) is 0 Å². The van der Waals surface area contributed by atoms with Crippen LogP contribution < -0.4 is 10.6 Å². The SMILES string of the molecule is C#CCNC(=O)C(C)NCCC. The second-order valence-electron chi connectivity index (χ2n) is 2.60. The number of nitrogens with one attached hydrogen (secondary N) is 2. The smallest absolute Gasteiger partial charge is 0.237 e. The Hall–Kier alpha value is -1.01. The molecule has 0 fully saturated rings. The summed E-state index contributed by atoms with van der Waals surface area (Å²) in [6.45, 7) is 5.03. The summed E-state index contributed by atoms with van der Waals surface area (Å²) in [5.74, 6) is 2.31. The van der Waals surface area contributed by atoms with Gasteiger partial charge in [0.05, 0.1) is 12.6 Å². The van der Waals surface area contributed by atoms with Gasteiger partial charge in [0.25, 0.3) is 0 Å². The first-order chi connectivity index (χ1) is 5.72. The number of rotatable bonds is 5. The van der Waals surface area contributed by atoms with Crippen LogP contribution in [0.5, 0.6) is 0 Å². The quantitative estimate of drug-likeness (QED) is 0.573. The van der Waals surface area contributed by atoms with Crippen molar-refractivity contribution < 1.29 is 4.79 Å². The molecule has 12 heavy (non-hydrogen) atoms. The first kappa shape index (κ1) is 11.0. The average Bonchev–Trinajstić information content (AvgIpc) is 2.10. The van der Waals surface area contributed by atoms with Crippen molar-refractivity contribution in [2.75, 3.05) is 13.1 Å². The molecule has 0 radical (unpaired) electrons.